The van der Waals surface area contributed by atoms with Crippen LogP contribution in [0.3, 0.4) is 0 Å². The van der Waals surface area contributed by atoms with E-state index < -0.39 is 17.5 Å². The number of halogens is 3. The molecule has 5 heteroatoms. The standard InChI is InChI=1S/C11H12ClF2NO/c12-5-2-6-15-11(16)7-8-9(13)3-1-4-10(8)14/h1,3-4H,2,5-7H2,(H,15,16). The summed E-state index contributed by atoms with van der Waals surface area (Å²) in [5.74, 6) is -1.37. The summed E-state index contributed by atoms with van der Waals surface area (Å²) in [7, 11) is 0. The number of hydrogen-bond acceptors (Lipinski definition) is 1. The van der Waals surface area contributed by atoms with Crippen LogP contribution in [-0.2, 0) is 11.2 Å². The summed E-state index contributed by atoms with van der Waals surface area (Å²) in [6, 6.07) is 3.52. The Hall–Kier alpha value is -1.16. The molecule has 0 aliphatic rings. The van der Waals surface area contributed by atoms with Crippen LogP contribution in [0, 0.1) is 11.6 Å². The van der Waals surface area contributed by atoms with Crippen LogP contribution in [0.15, 0.2) is 18.2 Å². The fourth-order valence-corrected chi connectivity index (χ4v) is 1.35. The number of carbonyl (C=O) groups excluding carboxylic acids is 1. The van der Waals surface area contributed by atoms with Gasteiger partial charge in [0.05, 0.1) is 6.42 Å². The minimum Gasteiger partial charge on any atom is -0.356 e. The number of alkyl halides is 1. The van der Waals surface area contributed by atoms with Crippen molar-refractivity contribution in [3.05, 3.63) is 35.4 Å². The molecule has 0 aliphatic carbocycles. The van der Waals surface area contributed by atoms with Gasteiger partial charge < -0.3 is 5.32 Å². The Morgan fingerprint density at radius 2 is 1.94 bits per heavy atom. The number of benzene rings is 1. The van der Waals surface area contributed by atoms with Gasteiger partial charge in [0, 0.05) is 18.0 Å². The van der Waals surface area contributed by atoms with Crippen molar-refractivity contribution >= 4 is 17.5 Å². The summed E-state index contributed by atoms with van der Waals surface area (Å²) in [5.41, 5.74) is -0.203. The monoisotopic (exact) mass is 247 g/mol. The second kappa shape index (κ2) is 6.43. The van der Waals surface area contributed by atoms with Gasteiger partial charge in [0.25, 0.3) is 0 Å². The highest BCUT2D eigenvalue weighted by molar-refractivity contribution is 6.17. The Bertz CT molecular complexity index is 351. The van der Waals surface area contributed by atoms with E-state index in [1.54, 1.807) is 0 Å². The number of rotatable bonds is 5. The van der Waals surface area contributed by atoms with Gasteiger partial charge in [-0.2, -0.15) is 0 Å². The zero-order valence-electron chi connectivity index (χ0n) is 8.60. The van der Waals surface area contributed by atoms with E-state index in [2.05, 4.69) is 5.32 Å². The van der Waals surface area contributed by atoms with E-state index in [0.717, 1.165) is 12.1 Å². The van der Waals surface area contributed by atoms with Gasteiger partial charge in [0.1, 0.15) is 11.6 Å². The Kier molecular flexibility index (Phi) is 5.19. The van der Waals surface area contributed by atoms with Crippen molar-refractivity contribution in [1.29, 1.82) is 0 Å². The largest absolute Gasteiger partial charge is 0.356 e. The van der Waals surface area contributed by atoms with Crippen LogP contribution in [0.2, 0.25) is 0 Å². The molecule has 0 radical (unpaired) electrons. The summed E-state index contributed by atoms with van der Waals surface area (Å²) in [6.07, 6.45) is 0.341. The van der Waals surface area contributed by atoms with E-state index in [0.29, 0.717) is 18.8 Å². The van der Waals surface area contributed by atoms with Crippen molar-refractivity contribution in [2.24, 2.45) is 0 Å². The molecule has 0 atom stereocenters. The third-order valence-corrected chi connectivity index (χ3v) is 2.30. The van der Waals surface area contributed by atoms with E-state index >= 15 is 0 Å². The molecule has 1 aromatic rings. The van der Waals surface area contributed by atoms with Gasteiger partial charge in [0.2, 0.25) is 5.91 Å². The topological polar surface area (TPSA) is 29.1 Å². The molecular formula is C11H12ClF2NO. The number of amides is 1. The van der Waals surface area contributed by atoms with Gasteiger partial charge in [-0.15, -0.1) is 11.6 Å². The number of hydrogen-bond donors (Lipinski definition) is 1. The highest BCUT2D eigenvalue weighted by atomic mass is 35.5. The first-order valence-corrected chi connectivity index (χ1v) is 5.44. The van der Waals surface area contributed by atoms with Gasteiger partial charge in [0.15, 0.2) is 0 Å². The van der Waals surface area contributed by atoms with Crippen LogP contribution in [0.5, 0.6) is 0 Å². The van der Waals surface area contributed by atoms with Gasteiger partial charge in [-0.1, -0.05) is 6.07 Å². The van der Waals surface area contributed by atoms with Gasteiger partial charge >= 0.3 is 0 Å². The molecule has 16 heavy (non-hydrogen) atoms. The third kappa shape index (κ3) is 3.77. The van der Waals surface area contributed by atoms with E-state index in [-0.39, 0.29) is 12.0 Å². The van der Waals surface area contributed by atoms with Crippen LogP contribution in [0.1, 0.15) is 12.0 Å². The van der Waals surface area contributed by atoms with Crippen LogP contribution < -0.4 is 5.32 Å². The Morgan fingerprint density at radius 1 is 1.31 bits per heavy atom. The van der Waals surface area contributed by atoms with Crippen molar-refractivity contribution in [2.45, 2.75) is 12.8 Å². The lowest BCUT2D eigenvalue weighted by Crippen LogP contribution is -2.27. The lowest BCUT2D eigenvalue weighted by molar-refractivity contribution is -0.120. The lowest BCUT2D eigenvalue weighted by atomic mass is 10.1. The molecule has 0 bridgehead atoms. The molecule has 0 saturated heterocycles. The average Bonchev–Trinajstić information content (AvgIpc) is 2.24. The summed E-state index contributed by atoms with van der Waals surface area (Å²) in [4.78, 5) is 11.3. The maximum absolute atomic E-state index is 13.2. The highest BCUT2D eigenvalue weighted by Gasteiger charge is 2.12. The zero-order valence-corrected chi connectivity index (χ0v) is 9.36. The minimum atomic E-state index is -0.701. The number of carbonyl (C=O) groups is 1. The third-order valence-electron chi connectivity index (χ3n) is 2.03. The normalized spacial score (nSPS) is 10.2. The molecule has 0 unspecified atom stereocenters. The zero-order chi connectivity index (χ0) is 12.0. The molecule has 1 rings (SSSR count). The smallest absolute Gasteiger partial charge is 0.224 e. The molecular weight excluding hydrogens is 236 g/mol. The van der Waals surface area contributed by atoms with Crippen molar-refractivity contribution < 1.29 is 13.6 Å². The van der Waals surface area contributed by atoms with Crippen LogP contribution in [0.4, 0.5) is 8.78 Å². The molecule has 0 heterocycles. The van der Waals surface area contributed by atoms with E-state index in [1.807, 2.05) is 0 Å². The molecule has 2 nitrogen and oxygen atoms in total. The number of nitrogens with one attached hydrogen (secondary N) is 1. The van der Waals surface area contributed by atoms with Gasteiger partial charge in [-0.05, 0) is 18.6 Å². The van der Waals surface area contributed by atoms with Crippen LogP contribution >= 0.6 is 11.6 Å². The molecule has 0 aromatic heterocycles. The highest BCUT2D eigenvalue weighted by Crippen LogP contribution is 2.12. The van der Waals surface area contributed by atoms with E-state index in [4.69, 9.17) is 11.6 Å². The lowest BCUT2D eigenvalue weighted by Gasteiger charge is -2.05. The molecule has 0 fully saturated rings. The molecule has 0 spiro atoms. The first-order valence-electron chi connectivity index (χ1n) is 4.90. The maximum Gasteiger partial charge on any atom is 0.224 e. The molecule has 0 aliphatic heterocycles. The predicted molar refractivity (Wildman–Crippen MR) is 58.4 cm³/mol. The first kappa shape index (κ1) is 12.9. The van der Waals surface area contributed by atoms with Crippen molar-refractivity contribution in [3.8, 4) is 0 Å². The second-order valence-corrected chi connectivity index (χ2v) is 3.65. The summed E-state index contributed by atoms with van der Waals surface area (Å²) in [5, 5.41) is 2.53. The molecule has 0 saturated carbocycles. The van der Waals surface area contributed by atoms with Gasteiger partial charge in [-0.3, -0.25) is 4.79 Å². The maximum atomic E-state index is 13.2. The van der Waals surface area contributed by atoms with Crippen molar-refractivity contribution in [3.63, 3.8) is 0 Å². The summed E-state index contributed by atoms with van der Waals surface area (Å²) >= 11 is 5.42. The van der Waals surface area contributed by atoms with Crippen molar-refractivity contribution in [2.75, 3.05) is 12.4 Å². The second-order valence-electron chi connectivity index (χ2n) is 3.27. The fourth-order valence-electron chi connectivity index (χ4n) is 1.22. The SMILES string of the molecule is O=C(Cc1c(F)cccc1F)NCCCCl. The summed E-state index contributed by atoms with van der Waals surface area (Å²) in [6.45, 7) is 0.415. The Labute approximate surface area is 97.6 Å². The Morgan fingerprint density at radius 3 is 2.50 bits per heavy atom. The molecule has 88 valence electrons. The molecule has 1 amide bonds. The van der Waals surface area contributed by atoms with Crippen LogP contribution in [-0.4, -0.2) is 18.3 Å². The van der Waals surface area contributed by atoms with E-state index in [1.165, 1.54) is 6.07 Å². The molecule has 1 N–H and O–H groups in total. The predicted octanol–water partition coefficient (Wildman–Crippen LogP) is 2.25. The fraction of sp³-hybridized carbons (Fsp3) is 0.364. The van der Waals surface area contributed by atoms with E-state index in [9.17, 15) is 13.6 Å². The quantitative estimate of drug-likeness (QED) is 0.628. The van der Waals surface area contributed by atoms with Crippen molar-refractivity contribution in [1.82, 2.24) is 5.32 Å². The first-order chi connectivity index (χ1) is 7.65. The molecule has 1 aromatic carbocycles. The van der Waals surface area contributed by atoms with Gasteiger partial charge in [-0.25, -0.2) is 8.78 Å². The van der Waals surface area contributed by atoms with Crippen LogP contribution in [0.25, 0.3) is 0 Å². The minimum absolute atomic E-state index is 0.203. The average molecular weight is 248 g/mol. The summed E-state index contributed by atoms with van der Waals surface area (Å²) < 4.78 is 26.3. The Balaban J connectivity index is 2.56.